The van der Waals surface area contributed by atoms with Gasteiger partial charge in [0, 0.05) is 25.9 Å². The molecule has 1 aromatic rings. The van der Waals surface area contributed by atoms with E-state index in [0.29, 0.717) is 44.8 Å². The van der Waals surface area contributed by atoms with E-state index in [1.165, 1.54) is 18.2 Å². The van der Waals surface area contributed by atoms with Crippen molar-refractivity contribution >= 4 is 17.5 Å². The molecule has 6 nitrogen and oxygen atoms in total. The summed E-state index contributed by atoms with van der Waals surface area (Å²) in [5, 5.41) is 0. The Hall–Kier alpha value is -1.83. The number of hydrogen-bond donors (Lipinski definition) is 0. The monoisotopic (exact) mass is 334 g/mol. The van der Waals surface area contributed by atoms with Gasteiger partial charge in [0.1, 0.15) is 5.82 Å². The van der Waals surface area contributed by atoms with E-state index in [1.807, 2.05) is 4.90 Å². The molecular weight excluding hydrogens is 315 g/mol. The van der Waals surface area contributed by atoms with Crippen LogP contribution in [-0.2, 0) is 19.1 Å². The van der Waals surface area contributed by atoms with E-state index in [2.05, 4.69) is 0 Å². The van der Waals surface area contributed by atoms with Gasteiger partial charge in [-0.3, -0.25) is 14.5 Å². The molecule has 3 saturated heterocycles. The second kappa shape index (κ2) is 5.91. The van der Waals surface area contributed by atoms with Crippen molar-refractivity contribution in [2.75, 3.05) is 31.2 Å². The van der Waals surface area contributed by atoms with E-state index in [4.69, 9.17) is 9.47 Å². The summed E-state index contributed by atoms with van der Waals surface area (Å²) in [5.74, 6) is -1.55. The summed E-state index contributed by atoms with van der Waals surface area (Å²) < 4.78 is 24.8. The molecule has 24 heavy (non-hydrogen) atoms. The number of hydrogen-bond acceptors (Lipinski definition) is 5. The molecule has 0 bridgehead atoms. The van der Waals surface area contributed by atoms with Crippen molar-refractivity contribution in [3.8, 4) is 0 Å². The van der Waals surface area contributed by atoms with Crippen LogP contribution in [0.3, 0.4) is 0 Å². The van der Waals surface area contributed by atoms with Gasteiger partial charge in [-0.25, -0.2) is 9.29 Å². The van der Waals surface area contributed by atoms with E-state index in [0.717, 1.165) is 4.90 Å². The lowest BCUT2D eigenvalue weighted by atomic mass is 10.0. The number of anilines is 1. The van der Waals surface area contributed by atoms with E-state index in [1.54, 1.807) is 6.07 Å². The van der Waals surface area contributed by atoms with Gasteiger partial charge >= 0.3 is 0 Å². The number of likely N-dealkylation sites (tertiary alicyclic amines) is 1. The number of benzene rings is 1. The standard InChI is InChI=1S/C17H19FN2O4/c18-12-2-1-3-13(10-12)20-15(21)11-14(16(20)22)19-6-4-17(5-7-19)23-8-9-24-17/h1-3,10,14H,4-9,11H2. The van der Waals surface area contributed by atoms with Crippen molar-refractivity contribution < 1.29 is 23.5 Å². The fourth-order valence-electron chi connectivity index (χ4n) is 3.75. The summed E-state index contributed by atoms with van der Waals surface area (Å²) in [5.41, 5.74) is 0.295. The molecule has 4 rings (SSSR count). The van der Waals surface area contributed by atoms with Crippen LogP contribution < -0.4 is 4.90 Å². The van der Waals surface area contributed by atoms with Crippen LogP contribution in [0.4, 0.5) is 10.1 Å². The van der Waals surface area contributed by atoms with Crippen molar-refractivity contribution in [3.05, 3.63) is 30.1 Å². The van der Waals surface area contributed by atoms with Crippen molar-refractivity contribution in [1.29, 1.82) is 0 Å². The quantitative estimate of drug-likeness (QED) is 0.763. The maximum atomic E-state index is 13.4. The summed E-state index contributed by atoms with van der Waals surface area (Å²) in [6.07, 6.45) is 1.50. The number of nitrogens with zero attached hydrogens (tertiary/aromatic N) is 2. The van der Waals surface area contributed by atoms with Gasteiger partial charge in [-0.2, -0.15) is 0 Å². The third-order valence-corrected chi connectivity index (χ3v) is 5.00. The molecule has 1 atom stereocenters. The number of piperidine rings is 1. The number of ether oxygens (including phenoxy) is 2. The highest BCUT2D eigenvalue weighted by Crippen LogP contribution is 2.34. The lowest BCUT2D eigenvalue weighted by Gasteiger charge is -2.39. The summed E-state index contributed by atoms with van der Waals surface area (Å²) in [7, 11) is 0. The Morgan fingerprint density at radius 2 is 1.83 bits per heavy atom. The minimum atomic E-state index is -0.510. The minimum Gasteiger partial charge on any atom is -0.347 e. The number of carbonyl (C=O) groups excluding carboxylic acids is 2. The molecule has 2 amide bonds. The molecule has 1 spiro atoms. The SMILES string of the molecule is O=C1CC(N2CCC3(CC2)OCCO3)C(=O)N1c1cccc(F)c1. The Morgan fingerprint density at radius 3 is 2.50 bits per heavy atom. The zero-order chi connectivity index (χ0) is 16.7. The Kier molecular flexibility index (Phi) is 3.86. The highest BCUT2D eigenvalue weighted by molar-refractivity contribution is 6.22. The molecule has 0 radical (unpaired) electrons. The predicted octanol–water partition coefficient (Wildman–Crippen LogP) is 1.30. The normalized spacial score (nSPS) is 27.4. The third-order valence-electron chi connectivity index (χ3n) is 5.00. The maximum Gasteiger partial charge on any atom is 0.251 e. The number of amides is 2. The molecule has 3 heterocycles. The van der Waals surface area contributed by atoms with Crippen molar-refractivity contribution in [3.63, 3.8) is 0 Å². The molecule has 1 unspecified atom stereocenters. The van der Waals surface area contributed by atoms with Crippen LogP contribution in [0.15, 0.2) is 24.3 Å². The van der Waals surface area contributed by atoms with Crippen molar-refractivity contribution in [2.24, 2.45) is 0 Å². The first-order valence-corrected chi connectivity index (χ1v) is 8.22. The second-order valence-corrected chi connectivity index (χ2v) is 6.41. The average Bonchev–Trinajstić information content (AvgIpc) is 3.13. The van der Waals surface area contributed by atoms with Gasteiger partial charge in [0.2, 0.25) is 5.91 Å². The van der Waals surface area contributed by atoms with Crippen LogP contribution in [0.5, 0.6) is 0 Å². The Balaban J connectivity index is 1.48. The van der Waals surface area contributed by atoms with Gasteiger partial charge in [-0.1, -0.05) is 6.07 Å². The summed E-state index contributed by atoms with van der Waals surface area (Å²) in [6.45, 7) is 2.49. The molecule has 7 heteroatoms. The molecule has 0 aromatic heterocycles. The molecule has 0 N–H and O–H groups in total. The van der Waals surface area contributed by atoms with E-state index in [-0.39, 0.29) is 18.2 Å². The first-order chi connectivity index (χ1) is 11.6. The Morgan fingerprint density at radius 1 is 1.12 bits per heavy atom. The average molecular weight is 334 g/mol. The molecule has 128 valence electrons. The van der Waals surface area contributed by atoms with Crippen LogP contribution in [0.1, 0.15) is 19.3 Å². The van der Waals surface area contributed by atoms with Gasteiger partial charge in [-0.15, -0.1) is 0 Å². The van der Waals surface area contributed by atoms with Crippen LogP contribution in [0.2, 0.25) is 0 Å². The molecule has 3 aliphatic heterocycles. The lowest BCUT2D eigenvalue weighted by Crippen LogP contribution is -2.51. The van der Waals surface area contributed by atoms with E-state index < -0.39 is 17.6 Å². The molecular formula is C17H19FN2O4. The van der Waals surface area contributed by atoms with Crippen molar-refractivity contribution in [1.82, 2.24) is 4.90 Å². The Labute approximate surface area is 139 Å². The third kappa shape index (κ3) is 2.62. The van der Waals surface area contributed by atoms with Crippen LogP contribution in [-0.4, -0.2) is 54.8 Å². The largest absolute Gasteiger partial charge is 0.347 e. The van der Waals surface area contributed by atoms with E-state index >= 15 is 0 Å². The van der Waals surface area contributed by atoms with Gasteiger partial charge in [0.05, 0.1) is 31.4 Å². The Bertz CT molecular complexity index is 664. The number of imide groups is 1. The highest BCUT2D eigenvalue weighted by Gasteiger charge is 2.47. The zero-order valence-corrected chi connectivity index (χ0v) is 13.2. The lowest BCUT2D eigenvalue weighted by molar-refractivity contribution is -0.188. The number of rotatable bonds is 2. The number of carbonyl (C=O) groups is 2. The van der Waals surface area contributed by atoms with Crippen LogP contribution in [0, 0.1) is 5.82 Å². The maximum absolute atomic E-state index is 13.4. The van der Waals surface area contributed by atoms with Gasteiger partial charge < -0.3 is 9.47 Å². The first-order valence-electron chi connectivity index (χ1n) is 8.22. The van der Waals surface area contributed by atoms with Crippen molar-refractivity contribution in [2.45, 2.75) is 31.1 Å². The molecule has 1 aromatic carbocycles. The summed E-state index contributed by atoms with van der Waals surface area (Å²) in [4.78, 5) is 28.1. The van der Waals surface area contributed by atoms with Gasteiger partial charge in [0.25, 0.3) is 5.91 Å². The molecule has 0 saturated carbocycles. The van der Waals surface area contributed by atoms with Crippen LogP contribution >= 0.6 is 0 Å². The fourth-order valence-corrected chi connectivity index (χ4v) is 3.75. The summed E-state index contributed by atoms with van der Waals surface area (Å²) >= 11 is 0. The smallest absolute Gasteiger partial charge is 0.251 e. The van der Waals surface area contributed by atoms with Gasteiger partial charge in [-0.05, 0) is 18.2 Å². The van der Waals surface area contributed by atoms with Crippen LogP contribution in [0.25, 0.3) is 0 Å². The molecule has 3 fully saturated rings. The highest BCUT2D eigenvalue weighted by atomic mass is 19.1. The topological polar surface area (TPSA) is 59.1 Å². The fraction of sp³-hybridized carbons (Fsp3) is 0.529. The second-order valence-electron chi connectivity index (χ2n) is 6.41. The summed E-state index contributed by atoms with van der Waals surface area (Å²) in [6, 6.07) is 5.09. The zero-order valence-electron chi connectivity index (χ0n) is 13.2. The molecule has 3 aliphatic rings. The number of halogens is 1. The minimum absolute atomic E-state index is 0.129. The van der Waals surface area contributed by atoms with Gasteiger partial charge in [0.15, 0.2) is 5.79 Å². The molecule has 0 aliphatic carbocycles. The van der Waals surface area contributed by atoms with E-state index in [9.17, 15) is 14.0 Å². The predicted molar refractivity (Wildman–Crippen MR) is 82.7 cm³/mol. The first kappa shape index (κ1) is 15.7.